The number of anilines is 1. The molecule has 2 N–H and O–H groups in total. The van der Waals surface area contributed by atoms with E-state index in [1.54, 1.807) is 14.0 Å². The van der Waals surface area contributed by atoms with Gasteiger partial charge in [0.1, 0.15) is 10.3 Å². The fourth-order valence-electron chi connectivity index (χ4n) is 2.97. The monoisotopic (exact) mass is 461 g/mol. The molecule has 140 valence electrons. The van der Waals surface area contributed by atoms with Gasteiger partial charge in [-0.2, -0.15) is 0 Å². The van der Waals surface area contributed by atoms with Gasteiger partial charge in [-0.15, -0.1) is 10.2 Å². The first kappa shape index (κ1) is 19.4. The van der Waals surface area contributed by atoms with Gasteiger partial charge in [-0.25, -0.2) is 0 Å². The second-order valence-corrected chi connectivity index (χ2v) is 7.62. The fourth-order valence-corrected chi connectivity index (χ4v) is 3.60. The van der Waals surface area contributed by atoms with E-state index in [1.807, 2.05) is 12.1 Å². The highest BCUT2D eigenvalue weighted by Crippen LogP contribution is 2.29. The minimum atomic E-state index is -0.297. The summed E-state index contributed by atoms with van der Waals surface area (Å²) in [4.78, 5) is 17.6. The summed E-state index contributed by atoms with van der Waals surface area (Å²) in [6.07, 6.45) is 0.510. The van der Waals surface area contributed by atoms with Gasteiger partial charge in [0, 0.05) is 25.9 Å². The zero-order valence-electron chi connectivity index (χ0n) is 14.2. The molecule has 1 aliphatic rings. The van der Waals surface area contributed by atoms with Gasteiger partial charge in [-0.1, -0.05) is 23.2 Å². The number of aromatic amines is 1. The van der Waals surface area contributed by atoms with Gasteiger partial charge in [-0.3, -0.25) is 4.79 Å². The lowest BCUT2D eigenvalue weighted by Gasteiger charge is -2.38. The number of rotatable bonds is 4. The molecule has 0 aromatic carbocycles. The van der Waals surface area contributed by atoms with Crippen molar-refractivity contribution < 1.29 is 9.53 Å². The van der Waals surface area contributed by atoms with Crippen LogP contribution in [0.2, 0.25) is 10.0 Å². The molecule has 2 aromatic rings. The van der Waals surface area contributed by atoms with Gasteiger partial charge in [0.25, 0.3) is 5.91 Å². The van der Waals surface area contributed by atoms with Gasteiger partial charge in [0.15, 0.2) is 5.82 Å². The van der Waals surface area contributed by atoms with Gasteiger partial charge in [0.2, 0.25) is 0 Å². The lowest BCUT2D eigenvalue weighted by molar-refractivity contribution is 0.0538. The summed E-state index contributed by atoms with van der Waals surface area (Å²) in [6, 6.07) is 3.59. The largest absolute Gasteiger partial charge is 0.377 e. The highest BCUT2D eigenvalue weighted by atomic mass is 79.9. The average Bonchev–Trinajstić information content (AvgIpc) is 2.90. The van der Waals surface area contributed by atoms with Crippen molar-refractivity contribution in [3.63, 3.8) is 0 Å². The van der Waals surface area contributed by atoms with E-state index < -0.39 is 0 Å². The molecule has 0 saturated carbocycles. The van der Waals surface area contributed by atoms with Crippen LogP contribution in [0.25, 0.3) is 0 Å². The number of halogens is 3. The van der Waals surface area contributed by atoms with Crippen molar-refractivity contribution in [2.45, 2.75) is 25.5 Å². The number of hydrogen-bond acceptors (Lipinski definition) is 5. The SMILES string of the molecule is CO[C@H]1CN(c2ccc(Br)nn2)CC[C@H]1NC(=O)c1[nH]c(C)c(Cl)c1Cl. The third-order valence-electron chi connectivity index (χ3n) is 4.40. The molecule has 3 heterocycles. The smallest absolute Gasteiger partial charge is 0.269 e. The van der Waals surface area contributed by atoms with Crippen LogP contribution in [0.5, 0.6) is 0 Å². The predicted octanol–water partition coefficient (Wildman–Crippen LogP) is 3.21. The van der Waals surface area contributed by atoms with Crippen LogP contribution in [0, 0.1) is 6.92 Å². The quantitative estimate of drug-likeness (QED) is 0.728. The first-order chi connectivity index (χ1) is 12.4. The highest BCUT2D eigenvalue weighted by Gasteiger charge is 2.32. The van der Waals surface area contributed by atoms with Gasteiger partial charge in [0.05, 0.1) is 22.2 Å². The Morgan fingerprint density at radius 2 is 2.15 bits per heavy atom. The second kappa shape index (κ2) is 8.12. The van der Waals surface area contributed by atoms with E-state index in [9.17, 15) is 4.79 Å². The molecule has 0 radical (unpaired) electrons. The van der Waals surface area contributed by atoms with Crippen molar-refractivity contribution in [2.75, 3.05) is 25.1 Å². The molecule has 0 aliphatic carbocycles. The van der Waals surface area contributed by atoms with E-state index >= 15 is 0 Å². The number of aromatic nitrogens is 3. The van der Waals surface area contributed by atoms with Crippen molar-refractivity contribution in [3.8, 4) is 0 Å². The van der Waals surface area contributed by atoms with Crippen LogP contribution < -0.4 is 10.2 Å². The Labute approximate surface area is 169 Å². The van der Waals surface area contributed by atoms with Crippen LogP contribution in [0.3, 0.4) is 0 Å². The van der Waals surface area contributed by atoms with Crippen LogP contribution in [0.4, 0.5) is 5.82 Å². The maximum Gasteiger partial charge on any atom is 0.269 e. The van der Waals surface area contributed by atoms with E-state index in [0.717, 1.165) is 12.4 Å². The Morgan fingerprint density at radius 3 is 2.73 bits per heavy atom. The van der Waals surface area contributed by atoms with E-state index in [-0.39, 0.29) is 28.8 Å². The number of carbonyl (C=O) groups is 1. The summed E-state index contributed by atoms with van der Waals surface area (Å²) in [7, 11) is 1.63. The Hall–Kier alpha value is -1.35. The van der Waals surface area contributed by atoms with E-state index in [4.69, 9.17) is 27.9 Å². The predicted molar refractivity (Wildman–Crippen MR) is 104 cm³/mol. The molecule has 0 spiro atoms. The summed E-state index contributed by atoms with van der Waals surface area (Å²) >= 11 is 15.5. The fraction of sp³-hybridized carbons (Fsp3) is 0.438. The molecule has 2 aromatic heterocycles. The summed E-state index contributed by atoms with van der Waals surface area (Å²) in [6.45, 7) is 3.08. The standard InChI is InChI=1S/C16H18BrCl2N5O2/c1-8-13(18)14(19)15(20-8)16(25)21-9-5-6-24(7-10(9)26-2)12-4-3-11(17)22-23-12/h3-4,9-10,20H,5-7H2,1-2H3,(H,21,25)/t9-,10+/m1/s1. The molecule has 3 rings (SSSR count). The maximum atomic E-state index is 12.6. The van der Waals surface area contributed by atoms with Crippen LogP contribution in [-0.4, -0.2) is 53.4 Å². The molecule has 26 heavy (non-hydrogen) atoms. The average molecular weight is 463 g/mol. The number of nitrogens with zero attached hydrogens (tertiary/aromatic N) is 3. The molecule has 0 unspecified atom stereocenters. The van der Waals surface area contributed by atoms with Gasteiger partial charge < -0.3 is 19.9 Å². The van der Waals surface area contributed by atoms with Crippen molar-refractivity contribution in [1.29, 1.82) is 0 Å². The molecular formula is C16H18BrCl2N5O2. The summed E-state index contributed by atoms with van der Waals surface area (Å²) < 4.78 is 6.28. The number of nitrogens with one attached hydrogen (secondary N) is 2. The van der Waals surface area contributed by atoms with Gasteiger partial charge in [-0.05, 0) is 41.4 Å². The Bertz CT molecular complexity index is 799. The Morgan fingerprint density at radius 1 is 1.38 bits per heavy atom. The summed E-state index contributed by atoms with van der Waals surface area (Å²) in [5.41, 5.74) is 0.930. The van der Waals surface area contributed by atoms with E-state index in [2.05, 4.69) is 41.3 Å². The zero-order chi connectivity index (χ0) is 18.8. The van der Waals surface area contributed by atoms with Crippen LogP contribution in [0.1, 0.15) is 22.6 Å². The van der Waals surface area contributed by atoms with Crippen LogP contribution >= 0.6 is 39.1 Å². The van der Waals surface area contributed by atoms with E-state index in [0.29, 0.717) is 28.3 Å². The third kappa shape index (κ3) is 3.98. The van der Waals surface area contributed by atoms with Crippen molar-refractivity contribution in [3.05, 3.63) is 38.2 Å². The molecule has 0 bridgehead atoms. The number of ether oxygens (including phenoxy) is 1. The normalized spacial score (nSPS) is 20.3. The molecule has 1 amide bonds. The molecule has 7 nitrogen and oxygen atoms in total. The minimum absolute atomic E-state index is 0.148. The Balaban J connectivity index is 1.68. The summed E-state index contributed by atoms with van der Waals surface area (Å²) in [5.74, 6) is 0.476. The van der Waals surface area contributed by atoms with Gasteiger partial charge >= 0.3 is 0 Å². The zero-order valence-corrected chi connectivity index (χ0v) is 17.3. The van der Waals surface area contributed by atoms with Crippen LogP contribution in [-0.2, 0) is 4.74 Å². The first-order valence-corrected chi connectivity index (χ1v) is 9.57. The molecule has 1 aliphatic heterocycles. The topological polar surface area (TPSA) is 83.1 Å². The van der Waals surface area contributed by atoms with E-state index in [1.165, 1.54) is 0 Å². The number of methoxy groups -OCH3 is 1. The second-order valence-electron chi connectivity index (χ2n) is 6.06. The maximum absolute atomic E-state index is 12.6. The van der Waals surface area contributed by atoms with Crippen molar-refractivity contribution >= 4 is 50.9 Å². The first-order valence-electron chi connectivity index (χ1n) is 8.02. The molecule has 1 fully saturated rings. The number of piperidine rings is 1. The van der Waals surface area contributed by atoms with Crippen molar-refractivity contribution in [1.82, 2.24) is 20.5 Å². The van der Waals surface area contributed by atoms with Crippen LogP contribution in [0.15, 0.2) is 16.7 Å². The lowest BCUT2D eigenvalue weighted by Crippen LogP contribution is -2.55. The molecule has 2 atom stereocenters. The number of H-pyrrole nitrogens is 1. The number of carbonyl (C=O) groups excluding carboxylic acids is 1. The Kier molecular flexibility index (Phi) is 6.06. The molecule has 10 heteroatoms. The molecule has 1 saturated heterocycles. The number of amides is 1. The third-order valence-corrected chi connectivity index (χ3v) is 5.77. The lowest BCUT2D eigenvalue weighted by atomic mass is 10.0. The number of aryl methyl sites for hydroxylation is 1. The molecular weight excluding hydrogens is 445 g/mol. The summed E-state index contributed by atoms with van der Waals surface area (Å²) in [5, 5.41) is 11.8. The minimum Gasteiger partial charge on any atom is -0.377 e. The number of hydrogen-bond donors (Lipinski definition) is 2. The van der Waals surface area contributed by atoms with Crippen molar-refractivity contribution in [2.24, 2.45) is 0 Å². The highest BCUT2D eigenvalue weighted by molar-refractivity contribution is 9.10.